The number of benzene rings is 1. The molecular formula is C14H19N3O2. The van der Waals surface area contributed by atoms with E-state index in [0.29, 0.717) is 18.7 Å². The zero-order valence-corrected chi connectivity index (χ0v) is 11.3. The van der Waals surface area contributed by atoms with Crippen molar-refractivity contribution in [3.63, 3.8) is 0 Å². The van der Waals surface area contributed by atoms with Crippen LogP contribution in [0.25, 0.3) is 0 Å². The second-order valence-corrected chi connectivity index (χ2v) is 4.57. The largest absolute Gasteiger partial charge is 0.385 e. The molecule has 0 spiro atoms. The Balaban J connectivity index is 2.12. The Hall–Kier alpha value is -2.04. The van der Waals surface area contributed by atoms with Gasteiger partial charge in [-0.2, -0.15) is 0 Å². The third-order valence-electron chi connectivity index (χ3n) is 3.27. The molecule has 1 aliphatic heterocycles. The number of piperazine rings is 1. The Labute approximate surface area is 113 Å². The third kappa shape index (κ3) is 2.86. The molecule has 0 saturated carbocycles. The SMILES string of the molecule is CCNc1ccc(C(=O)N2CCNC(=O)C2C)cc1. The Morgan fingerprint density at radius 2 is 2.11 bits per heavy atom. The highest BCUT2D eigenvalue weighted by atomic mass is 16.2. The molecule has 0 aromatic heterocycles. The molecule has 0 bridgehead atoms. The maximum Gasteiger partial charge on any atom is 0.254 e. The maximum atomic E-state index is 12.4. The van der Waals surface area contributed by atoms with Gasteiger partial charge in [0.2, 0.25) is 5.91 Å². The van der Waals surface area contributed by atoms with E-state index in [1.165, 1.54) is 0 Å². The van der Waals surface area contributed by atoms with Gasteiger partial charge in [0.1, 0.15) is 6.04 Å². The zero-order valence-electron chi connectivity index (χ0n) is 11.3. The average molecular weight is 261 g/mol. The van der Waals surface area contributed by atoms with Gasteiger partial charge in [-0.05, 0) is 38.1 Å². The summed E-state index contributed by atoms with van der Waals surface area (Å²) in [5, 5.41) is 5.93. The Bertz CT molecular complexity index is 470. The lowest BCUT2D eigenvalue weighted by atomic mass is 10.1. The fourth-order valence-corrected chi connectivity index (χ4v) is 2.16. The summed E-state index contributed by atoms with van der Waals surface area (Å²) < 4.78 is 0. The van der Waals surface area contributed by atoms with Crippen LogP contribution in [0, 0.1) is 0 Å². The van der Waals surface area contributed by atoms with Gasteiger partial charge in [0.05, 0.1) is 0 Å². The van der Waals surface area contributed by atoms with Crippen LogP contribution in [0.2, 0.25) is 0 Å². The van der Waals surface area contributed by atoms with E-state index >= 15 is 0 Å². The summed E-state index contributed by atoms with van der Waals surface area (Å²) in [7, 11) is 0. The van der Waals surface area contributed by atoms with Crippen LogP contribution < -0.4 is 10.6 Å². The van der Waals surface area contributed by atoms with Crippen LogP contribution in [0.1, 0.15) is 24.2 Å². The molecule has 1 aromatic rings. The van der Waals surface area contributed by atoms with E-state index in [-0.39, 0.29) is 11.8 Å². The molecule has 0 aliphatic carbocycles. The Morgan fingerprint density at radius 1 is 1.42 bits per heavy atom. The number of nitrogens with zero attached hydrogens (tertiary/aromatic N) is 1. The highest BCUT2D eigenvalue weighted by Crippen LogP contribution is 2.14. The number of hydrogen-bond donors (Lipinski definition) is 2. The quantitative estimate of drug-likeness (QED) is 0.856. The van der Waals surface area contributed by atoms with Crippen molar-refractivity contribution < 1.29 is 9.59 Å². The molecule has 1 saturated heterocycles. The first kappa shape index (κ1) is 13.4. The standard InChI is InChI=1S/C14H19N3O2/c1-3-15-12-6-4-11(5-7-12)14(19)17-9-8-16-13(18)10(17)2/h4-7,10,15H,3,8-9H2,1-2H3,(H,16,18). The summed E-state index contributed by atoms with van der Waals surface area (Å²) in [6.45, 7) is 5.69. The van der Waals surface area contributed by atoms with Crippen LogP contribution in [0.5, 0.6) is 0 Å². The molecule has 102 valence electrons. The van der Waals surface area contributed by atoms with Crippen LogP contribution in [-0.4, -0.2) is 42.4 Å². The van der Waals surface area contributed by atoms with E-state index in [1.54, 1.807) is 24.0 Å². The number of carbonyl (C=O) groups excluding carboxylic acids is 2. The summed E-state index contributed by atoms with van der Waals surface area (Å²) in [5.41, 5.74) is 1.60. The first-order chi connectivity index (χ1) is 9.13. The van der Waals surface area contributed by atoms with Crippen molar-refractivity contribution in [1.82, 2.24) is 10.2 Å². The van der Waals surface area contributed by atoms with Crippen molar-refractivity contribution in [2.24, 2.45) is 0 Å². The second-order valence-electron chi connectivity index (χ2n) is 4.57. The van der Waals surface area contributed by atoms with Crippen molar-refractivity contribution in [1.29, 1.82) is 0 Å². The molecule has 2 rings (SSSR count). The summed E-state index contributed by atoms with van der Waals surface area (Å²) in [4.78, 5) is 25.5. The van der Waals surface area contributed by atoms with Crippen molar-refractivity contribution in [2.75, 3.05) is 25.0 Å². The lowest BCUT2D eigenvalue weighted by Gasteiger charge is -2.32. The van der Waals surface area contributed by atoms with E-state index in [1.807, 2.05) is 19.1 Å². The summed E-state index contributed by atoms with van der Waals surface area (Å²) in [6, 6.07) is 6.94. The molecule has 1 fully saturated rings. The van der Waals surface area contributed by atoms with Crippen LogP contribution >= 0.6 is 0 Å². The molecule has 1 aliphatic rings. The minimum absolute atomic E-state index is 0.0922. The van der Waals surface area contributed by atoms with E-state index in [4.69, 9.17) is 0 Å². The van der Waals surface area contributed by atoms with Crippen LogP contribution in [0.15, 0.2) is 24.3 Å². The zero-order chi connectivity index (χ0) is 13.8. The van der Waals surface area contributed by atoms with Gasteiger partial charge in [-0.15, -0.1) is 0 Å². The summed E-state index contributed by atoms with van der Waals surface area (Å²) >= 11 is 0. The maximum absolute atomic E-state index is 12.4. The van der Waals surface area contributed by atoms with Crippen molar-refractivity contribution in [3.8, 4) is 0 Å². The molecule has 2 N–H and O–H groups in total. The first-order valence-corrected chi connectivity index (χ1v) is 6.56. The fraction of sp³-hybridized carbons (Fsp3) is 0.429. The monoisotopic (exact) mass is 261 g/mol. The predicted molar refractivity (Wildman–Crippen MR) is 74.1 cm³/mol. The number of nitrogens with one attached hydrogen (secondary N) is 2. The van der Waals surface area contributed by atoms with Crippen LogP contribution in [0.3, 0.4) is 0 Å². The minimum Gasteiger partial charge on any atom is -0.385 e. The summed E-state index contributed by atoms with van der Waals surface area (Å²) in [6.07, 6.45) is 0. The van der Waals surface area contributed by atoms with Gasteiger partial charge in [-0.1, -0.05) is 0 Å². The lowest BCUT2D eigenvalue weighted by Crippen LogP contribution is -2.55. The number of anilines is 1. The molecular weight excluding hydrogens is 242 g/mol. The van der Waals surface area contributed by atoms with Crippen molar-refractivity contribution >= 4 is 17.5 Å². The number of amides is 2. The molecule has 5 heteroatoms. The van der Waals surface area contributed by atoms with Gasteiger partial charge in [-0.25, -0.2) is 0 Å². The Kier molecular flexibility index (Phi) is 4.04. The van der Waals surface area contributed by atoms with E-state index < -0.39 is 6.04 Å². The topological polar surface area (TPSA) is 61.4 Å². The highest BCUT2D eigenvalue weighted by Gasteiger charge is 2.29. The molecule has 1 aromatic carbocycles. The highest BCUT2D eigenvalue weighted by molar-refractivity contribution is 5.98. The smallest absolute Gasteiger partial charge is 0.254 e. The number of hydrogen-bond acceptors (Lipinski definition) is 3. The molecule has 1 unspecified atom stereocenters. The first-order valence-electron chi connectivity index (χ1n) is 6.56. The van der Waals surface area contributed by atoms with E-state index in [9.17, 15) is 9.59 Å². The molecule has 5 nitrogen and oxygen atoms in total. The van der Waals surface area contributed by atoms with Gasteiger partial charge in [0.15, 0.2) is 0 Å². The second kappa shape index (κ2) is 5.73. The van der Waals surface area contributed by atoms with E-state index in [0.717, 1.165) is 12.2 Å². The lowest BCUT2D eigenvalue weighted by molar-refractivity contribution is -0.127. The number of carbonyl (C=O) groups is 2. The van der Waals surface area contributed by atoms with Gasteiger partial charge >= 0.3 is 0 Å². The molecule has 1 atom stereocenters. The van der Waals surface area contributed by atoms with Gasteiger partial charge < -0.3 is 15.5 Å². The van der Waals surface area contributed by atoms with Gasteiger partial charge in [0.25, 0.3) is 5.91 Å². The van der Waals surface area contributed by atoms with Crippen LogP contribution in [0.4, 0.5) is 5.69 Å². The van der Waals surface area contributed by atoms with Gasteiger partial charge in [-0.3, -0.25) is 9.59 Å². The average Bonchev–Trinajstić information content (AvgIpc) is 2.42. The third-order valence-corrected chi connectivity index (χ3v) is 3.27. The fourth-order valence-electron chi connectivity index (χ4n) is 2.16. The normalized spacial score (nSPS) is 18.9. The predicted octanol–water partition coefficient (Wildman–Crippen LogP) is 1.08. The van der Waals surface area contributed by atoms with Crippen molar-refractivity contribution in [3.05, 3.63) is 29.8 Å². The Morgan fingerprint density at radius 3 is 2.74 bits per heavy atom. The molecule has 2 amide bonds. The van der Waals surface area contributed by atoms with E-state index in [2.05, 4.69) is 10.6 Å². The summed E-state index contributed by atoms with van der Waals surface area (Å²) in [5.74, 6) is -0.186. The number of rotatable bonds is 3. The molecule has 0 radical (unpaired) electrons. The van der Waals surface area contributed by atoms with Crippen molar-refractivity contribution in [2.45, 2.75) is 19.9 Å². The minimum atomic E-state index is -0.408. The molecule has 1 heterocycles. The van der Waals surface area contributed by atoms with Crippen LogP contribution in [-0.2, 0) is 4.79 Å². The van der Waals surface area contributed by atoms with Gasteiger partial charge in [0, 0.05) is 30.9 Å². The molecule has 19 heavy (non-hydrogen) atoms.